The van der Waals surface area contributed by atoms with Gasteiger partial charge in [-0.3, -0.25) is 9.10 Å². The minimum atomic E-state index is -3.70. The molecule has 0 aliphatic heterocycles. The first-order chi connectivity index (χ1) is 12.9. The van der Waals surface area contributed by atoms with Crippen LogP contribution < -0.4 is 9.62 Å². The molecule has 0 aliphatic carbocycles. The molecular formula is C21H27FN2O3S. The summed E-state index contributed by atoms with van der Waals surface area (Å²) in [7, 11) is -3.70. The molecule has 1 amide bonds. The van der Waals surface area contributed by atoms with Crippen molar-refractivity contribution in [1.29, 1.82) is 0 Å². The third-order valence-corrected chi connectivity index (χ3v) is 5.60. The molecule has 0 aliphatic rings. The van der Waals surface area contributed by atoms with Crippen LogP contribution in [0.3, 0.4) is 0 Å². The Bertz CT molecular complexity index is 918. The third-order valence-electron chi connectivity index (χ3n) is 4.46. The Morgan fingerprint density at radius 3 is 2.07 bits per heavy atom. The van der Waals surface area contributed by atoms with E-state index in [1.807, 2.05) is 31.2 Å². The van der Waals surface area contributed by atoms with Crippen molar-refractivity contribution in [2.45, 2.75) is 39.2 Å². The smallest absolute Gasteiger partial charge is 0.241 e. The van der Waals surface area contributed by atoms with Crippen molar-refractivity contribution >= 4 is 21.6 Å². The van der Waals surface area contributed by atoms with Gasteiger partial charge in [0.15, 0.2) is 0 Å². The van der Waals surface area contributed by atoms with Crippen LogP contribution in [-0.4, -0.2) is 27.1 Å². The van der Waals surface area contributed by atoms with Crippen LogP contribution >= 0.6 is 0 Å². The normalized spacial score (nSPS) is 13.1. The number of carbonyl (C=O) groups is 1. The van der Waals surface area contributed by atoms with Crippen LogP contribution in [-0.2, 0) is 20.2 Å². The van der Waals surface area contributed by atoms with E-state index in [4.69, 9.17) is 0 Å². The fourth-order valence-corrected chi connectivity index (χ4v) is 3.64. The van der Waals surface area contributed by atoms with E-state index in [0.29, 0.717) is 0 Å². The number of nitrogens with zero attached hydrogens (tertiary/aromatic N) is 1. The van der Waals surface area contributed by atoms with E-state index in [-0.39, 0.29) is 23.7 Å². The van der Waals surface area contributed by atoms with Crippen LogP contribution in [0.4, 0.5) is 10.1 Å². The Morgan fingerprint density at radius 2 is 1.61 bits per heavy atom. The molecule has 2 aromatic rings. The number of sulfonamides is 1. The van der Waals surface area contributed by atoms with E-state index in [9.17, 15) is 17.6 Å². The van der Waals surface area contributed by atoms with Crippen LogP contribution in [0.25, 0.3) is 0 Å². The molecule has 0 aromatic heterocycles. The van der Waals surface area contributed by atoms with Crippen LogP contribution in [0.5, 0.6) is 0 Å². The highest BCUT2D eigenvalue weighted by Gasteiger charge is 2.22. The fraction of sp³-hybridized carbons (Fsp3) is 0.381. The lowest BCUT2D eigenvalue weighted by Gasteiger charge is -2.24. The van der Waals surface area contributed by atoms with Crippen molar-refractivity contribution in [2.75, 3.05) is 17.1 Å². The van der Waals surface area contributed by atoms with Gasteiger partial charge in [0.25, 0.3) is 0 Å². The van der Waals surface area contributed by atoms with Gasteiger partial charge < -0.3 is 5.32 Å². The second kappa shape index (κ2) is 8.31. The lowest BCUT2D eigenvalue weighted by atomic mass is 9.86. The Hall–Kier alpha value is -2.41. The number of rotatable bonds is 6. The summed E-state index contributed by atoms with van der Waals surface area (Å²) in [6, 6.07) is 12.7. The predicted molar refractivity (Wildman–Crippen MR) is 110 cm³/mol. The molecule has 1 N–H and O–H groups in total. The van der Waals surface area contributed by atoms with E-state index in [1.54, 1.807) is 0 Å². The molecular weight excluding hydrogens is 379 g/mol. The standard InChI is InChI=1S/C21H27FN2O3S/c1-15(16-6-8-17(9-7-16)21(2,3)4)23-20(25)14-24(28(5,26)27)19-12-10-18(22)11-13-19/h6-13,15H,14H2,1-5H3,(H,23,25)/t15-/m0/s1. The van der Waals surface area contributed by atoms with E-state index >= 15 is 0 Å². The maximum Gasteiger partial charge on any atom is 0.241 e. The molecule has 0 saturated heterocycles. The first-order valence-electron chi connectivity index (χ1n) is 9.01. The number of carbonyl (C=O) groups excluding carboxylic acids is 1. The molecule has 0 bridgehead atoms. The van der Waals surface area contributed by atoms with Gasteiger partial charge in [0.2, 0.25) is 15.9 Å². The van der Waals surface area contributed by atoms with Crippen LogP contribution in [0, 0.1) is 5.82 Å². The first kappa shape index (κ1) is 21.9. The van der Waals surface area contributed by atoms with Gasteiger partial charge in [-0.05, 0) is 47.7 Å². The monoisotopic (exact) mass is 406 g/mol. The lowest BCUT2D eigenvalue weighted by Crippen LogP contribution is -2.41. The van der Waals surface area contributed by atoms with Gasteiger partial charge >= 0.3 is 0 Å². The summed E-state index contributed by atoms with van der Waals surface area (Å²) in [5.41, 5.74) is 2.39. The van der Waals surface area contributed by atoms with Crippen molar-refractivity contribution in [2.24, 2.45) is 0 Å². The summed E-state index contributed by atoms with van der Waals surface area (Å²) in [6.45, 7) is 7.84. The van der Waals surface area contributed by atoms with Gasteiger partial charge in [0, 0.05) is 0 Å². The number of benzene rings is 2. The molecule has 0 radical (unpaired) electrons. The average Bonchev–Trinajstić information content (AvgIpc) is 2.59. The second-order valence-corrected chi connectivity index (χ2v) is 9.81. The van der Waals surface area contributed by atoms with E-state index in [1.165, 1.54) is 17.7 Å². The molecule has 0 fully saturated rings. The summed E-state index contributed by atoms with van der Waals surface area (Å²) in [4.78, 5) is 12.5. The molecule has 0 saturated carbocycles. The van der Waals surface area contributed by atoms with Gasteiger partial charge in [-0.15, -0.1) is 0 Å². The highest BCUT2D eigenvalue weighted by molar-refractivity contribution is 7.92. The largest absolute Gasteiger partial charge is 0.348 e. The van der Waals surface area contributed by atoms with E-state index in [2.05, 4.69) is 26.1 Å². The number of hydrogen-bond donors (Lipinski definition) is 1. The molecule has 28 heavy (non-hydrogen) atoms. The SMILES string of the molecule is C[C@H](NC(=O)CN(c1ccc(F)cc1)S(C)(=O)=O)c1ccc(C(C)(C)C)cc1. The lowest BCUT2D eigenvalue weighted by molar-refractivity contribution is -0.120. The molecule has 152 valence electrons. The summed E-state index contributed by atoms with van der Waals surface area (Å²) in [5.74, 6) is -0.920. The Labute approximate surface area is 166 Å². The van der Waals surface area contributed by atoms with E-state index in [0.717, 1.165) is 28.3 Å². The molecule has 1 atom stereocenters. The molecule has 2 aromatic carbocycles. The molecule has 5 nitrogen and oxygen atoms in total. The average molecular weight is 407 g/mol. The number of halogens is 1. The van der Waals surface area contributed by atoms with Gasteiger partial charge in [0.05, 0.1) is 18.0 Å². The number of nitrogens with one attached hydrogen (secondary N) is 1. The highest BCUT2D eigenvalue weighted by Crippen LogP contribution is 2.24. The molecule has 0 unspecified atom stereocenters. The zero-order valence-electron chi connectivity index (χ0n) is 16.9. The van der Waals surface area contributed by atoms with Crippen LogP contribution in [0.15, 0.2) is 48.5 Å². The Kier molecular flexibility index (Phi) is 6.49. The van der Waals surface area contributed by atoms with Crippen LogP contribution in [0.1, 0.15) is 44.9 Å². The van der Waals surface area contributed by atoms with Gasteiger partial charge in [-0.1, -0.05) is 45.0 Å². The zero-order valence-corrected chi connectivity index (χ0v) is 17.7. The molecule has 0 heterocycles. The maximum absolute atomic E-state index is 13.1. The first-order valence-corrected chi connectivity index (χ1v) is 10.9. The number of amides is 1. The van der Waals surface area contributed by atoms with Crippen molar-refractivity contribution < 1.29 is 17.6 Å². The highest BCUT2D eigenvalue weighted by atomic mass is 32.2. The quantitative estimate of drug-likeness (QED) is 0.794. The maximum atomic E-state index is 13.1. The van der Waals surface area contributed by atoms with Gasteiger partial charge in [0.1, 0.15) is 12.4 Å². The van der Waals surface area contributed by atoms with Crippen molar-refractivity contribution in [3.8, 4) is 0 Å². The topological polar surface area (TPSA) is 66.5 Å². The van der Waals surface area contributed by atoms with Crippen molar-refractivity contribution in [1.82, 2.24) is 5.32 Å². The molecule has 2 rings (SSSR count). The zero-order chi connectivity index (χ0) is 21.1. The summed E-state index contributed by atoms with van der Waals surface area (Å²) >= 11 is 0. The molecule has 0 spiro atoms. The number of anilines is 1. The van der Waals surface area contributed by atoms with Crippen LogP contribution in [0.2, 0.25) is 0 Å². The van der Waals surface area contributed by atoms with Gasteiger partial charge in [-0.25, -0.2) is 12.8 Å². The summed E-state index contributed by atoms with van der Waals surface area (Å²) in [6.07, 6.45) is 1.01. The summed E-state index contributed by atoms with van der Waals surface area (Å²) < 4.78 is 38.3. The Morgan fingerprint density at radius 1 is 1.07 bits per heavy atom. The third kappa shape index (κ3) is 5.79. The van der Waals surface area contributed by atoms with Gasteiger partial charge in [-0.2, -0.15) is 0 Å². The van der Waals surface area contributed by atoms with Crippen molar-refractivity contribution in [3.05, 3.63) is 65.5 Å². The fourth-order valence-electron chi connectivity index (χ4n) is 2.78. The Balaban J connectivity index is 2.11. The predicted octanol–water partition coefficient (Wildman–Crippen LogP) is 3.77. The molecule has 7 heteroatoms. The summed E-state index contributed by atoms with van der Waals surface area (Å²) in [5, 5.41) is 2.82. The second-order valence-electron chi connectivity index (χ2n) is 7.91. The van der Waals surface area contributed by atoms with E-state index < -0.39 is 21.7 Å². The number of hydrogen-bond acceptors (Lipinski definition) is 3. The van der Waals surface area contributed by atoms with Crippen molar-refractivity contribution in [3.63, 3.8) is 0 Å². The minimum Gasteiger partial charge on any atom is -0.348 e. The minimum absolute atomic E-state index is 0.0379.